The Labute approximate surface area is 130 Å². The van der Waals surface area contributed by atoms with E-state index in [9.17, 15) is 0 Å². The van der Waals surface area contributed by atoms with Crippen molar-refractivity contribution in [1.82, 2.24) is 10.3 Å². The molecule has 3 rings (SSSR count). The lowest BCUT2D eigenvalue weighted by molar-refractivity contribution is 0.262. The van der Waals surface area contributed by atoms with E-state index in [0.29, 0.717) is 12.0 Å². The molecule has 0 radical (unpaired) electrons. The molecule has 1 aromatic carbocycles. The Bertz CT molecular complexity index is 623. The summed E-state index contributed by atoms with van der Waals surface area (Å²) in [5, 5.41) is 4.68. The first-order valence-corrected chi connectivity index (χ1v) is 8.42. The standard InChI is InChI=1S/C17H22N2OS/c1-4-18-11(2)16-12(3)19-17(21-16)14-9-13-7-5-6-8-15(13)20-10-14/h5-8,11,14,18H,4,9-10H2,1-3H3. The van der Waals surface area contributed by atoms with Crippen LogP contribution in [0.3, 0.4) is 0 Å². The first-order chi connectivity index (χ1) is 10.2. The van der Waals surface area contributed by atoms with Gasteiger partial charge in [0.1, 0.15) is 5.75 Å². The topological polar surface area (TPSA) is 34.1 Å². The van der Waals surface area contributed by atoms with E-state index in [4.69, 9.17) is 9.72 Å². The lowest BCUT2D eigenvalue weighted by atomic mass is 9.97. The van der Waals surface area contributed by atoms with Gasteiger partial charge in [-0.3, -0.25) is 0 Å². The average Bonchev–Trinajstić information content (AvgIpc) is 2.89. The van der Waals surface area contributed by atoms with Crippen molar-refractivity contribution >= 4 is 11.3 Å². The highest BCUT2D eigenvalue weighted by atomic mass is 32.1. The van der Waals surface area contributed by atoms with Gasteiger partial charge in [-0.25, -0.2) is 4.98 Å². The van der Waals surface area contributed by atoms with Gasteiger partial charge in [0.2, 0.25) is 0 Å². The summed E-state index contributed by atoms with van der Waals surface area (Å²) in [4.78, 5) is 6.16. The number of hydrogen-bond donors (Lipinski definition) is 1. The SMILES string of the molecule is CCNC(C)c1sc(C2COc3ccccc3C2)nc1C. The first kappa shape index (κ1) is 14.5. The van der Waals surface area contributed by atoms with E-state index in [2.05, 4.69) is 44.3 Å². The number of ether oxygens (including phenoxy) is 1. The fourth-order valence-electron chi connectivity index (χ4n) is 2.89. The number of para-hydroxylation sites is 1. The molecular formula is C17H22N2OS. The number of aryl methyl sites for hydroxylation is 1. The van der Waals surface area contributed by atoms with Crippen LogP contribution in [0.15, 0.2) is 24.3 Å². The summed E-state index contributed by atoms with van der Waals surface area (Å²) in [5.41, 5.74) is 2.45. The predicted octanol–water partition coefficient (Wildman–Crippen LogP) is 3.84. The van der Waals surface area contributed by atoms with Gasteiger partial charge in [-0.05, 0) is 38.4 Å². The minimum absolute atomic E-state index is 0.373. The van der Waals surface area contributed by atoms with Crippen LogP contribution in [0.2, 0.25) is 0 Å². The molecule has 1 aliphatic heterocycles. The zero-order chi connectivity index (χ0) is 14.8. The molecule has 2 heterocycles. The number of benzene rings is 1. The van der Waals surface area contributed by atoms with Crippen molar-refractivity contribution in [2.75, 3.05) is 13.2 Å². The Morgan fingerprint density at radius 1 is 1.43 bits per heavy atom. The van der Waals surface area contributed by atoms with Crippen LogP contribution < -0.4 is 10.1 Å². The molecule has 1 aliphatic rings. The Kier molecular flexibility index (Phi) is 4.27. The van der Waals surface area contributed by atoms with Crippen LogP contribution in [0.5, 0.6) is 5.75 Å². The van der Waals surface area contributed by atoms with Gasteiger partial charge in [0.15, 0.2) is 0 Å². The normalized spacial score (nSPS) is 18.9. The summed E-state index contributed by atoms with van der Waals surface area (Å²) in [7, 11) is 0. The van der Waals surface area contributed by atoms with E-state index in [1.54, 1.807) is 0 Å². The average molecular weight is 302 g/mol. The number of thiazole rings is 1. The number of nitrogens with one attached hydrogen (secondary N) is 1. The second-order valence-corrected chi connectivity index (χ2v) is 6.66. The Morgan fingerprint density at radius 2 is 2.24 bits per heavy atom. The highest BCUT2D eigenvalue weighted by Gasteiger charge is 2.25. The Hall–Kier alpha value is -1.39. The van der Waals surface area contributed by atoms with Crippen molar-refractivity contribution in [2.24, 2.45) is 0 Å². The van der Waals surface area contributed by atoms with E-state index in [1.807, 2.05) is 17.4 Å². The molecular weight excluding hydrogens is 280 g/mol. The highest BCUT2D eigenvalue weighted by molar-refractivity contribution is 7.11. The zero-order valence-electron chi connectivity index (χ0n) is 12.8. The molecule has 2 atom stereocenters. The van der Waals surface area contributed by atoms with Crippen molar-refractivity contribution in [3.63, 3.8) is 0 Å². The van der Waals surface area contributed by atoms with Gasteiger partial charge < -0.3 is 10.1 Å². The lowest BCUT2D eigenvalue weighted by Crippen LogP contribution is -2.19. The number of aromatic nitrogens is 1. The molecule has 4 heteroatoms. The highest BCUT2D eigenvalue weighted by Crippen LogP contribution is 2.36. The summed E-state index contributed by atoms with van der Waals surface area (Å²) >= 11 is 1.84. The molecule has 1 N–H and O–H groups in total. The van der Waals surface area contributed by atoms with Crippen LogP contribution in [-0.4, -0.2) is 18.1 Å². The van der Waals surface area contributed by atoms with Crippen molar-refractivity contribution in [2.45, 2.75) is 39.2 Å². The second-order valence-electron chi connectivity index (χ2n) is 5.60. The maximum atomic E-state index is 5.90. The fourth-order valence-corrected chi connectivity index (χ4v) is 4.07. The number of hydrogen-bond acceptors (Lipinski definition) is 4. The van der Waals surface area contributed by atoms with E-state index in [1.165, 1.54) is 15.4 Å². The van der Waals surface area contributed by atoms with Gasteiger partial charge >= 0.3 is 0 Å². The van der Waals surface area contributed by atoms with E-state index in [-0.39, 0.29) is 0 Å². The number of nitrogens with zero attached hydrogens (tertiary/aromatic N) is 1. The molecule has 0 aliphatic carbocycles. The van der Waals surface area contributed by atoms with Crippen LogP contribution in [0.4, 0.5) is 0 Å². The Morgan fingerprint density at radius 3 is 3.05 bits per heavy atom. The molecule has 0 bridgehead atoms. The molecule has 1 aromatic heterocycles. The monoisotopic (exact) mass is 302 g/mol. The molecule has 0 saturated carbocycles. The first-order valence-electron chi connectivity index (χ1n) is 7.60. The Balaban J connectivity index is 1.81. The fraction of sp³-hybridized carbons (Fsp3) is 0.471. The zero-order valence-corrected chi connectivity index (χ0v) is 13.7. The van der Waals surface area contributed by atoms with Gasteiger partial charge in [0.25, 0.3) is 0 Å². The minimum atomic E-state index is 0.373. The molecule has 0 amide bonds. The third kappa shape index (κ3) is 2.97. The smallest absolute Gasteiger partial charge is 0.122 e. The minimum Gasteiger partial charge on any atom is -0.493 e. The van der Waals surface area contributed by atoms with E-state index >= 15 is 0 Å². The van der Waals surface area contributed by atoms with Crippen molar-refractivity contribution < 1.29 is 4.74 Å². The number of fused-ring (bicyclic) bond motifs is 1. The second kappa shape index (κ2) is 6.16. The molecule has 112 valence electrons. The quantitative estimate of drug-likeness (QED) is 0.931. The van der Waals surface area contributed by atoms with Gasteiger partial charge in [0, 0.05) is 16.8 Å². The maximum Gasteiger partial charge on any atom is 0.122 e. The van der Waals surface area contributed by atoms with Crippen LogP contribution in [0.25, 0.3) is 0 Å². The summed E-state index contributed by atoms with van der Waals surface area (Å²) in [5.74, 6) is 1.41. The van der Waals surface area contributed by atoms with Crippen LogP contribution in [-0.2, 0) is 6.42 Å². The molecule has 0 spiro atoms. The third-order valence-electron chi connectivity index (χ3n) is 3.98. The van der Waals surface area contributed by atoms with Gasteiger partial charge in [-0.2, -0.15) is 0 Å². The van der Waals surface area contributed by atoms with Gasteiger partial charge in [0.05, 0.1) is 17.3 Å². The molecule has 2 unspecified atom stereocenters. The summed E-state index contributed by atoms with van der Waals surface area (Å²) in [6.07, 6.45) is 1.03. The lowest BCUT2D eigenvalue weighted by Gasteiger charge is -2.23. The molecule has 0 fully saturated rings. The predicted molar refractivity (Wildman–Crippen MR) is 87.3 cm³/mol. The molecule has 3 nitrogen and oxygen atoms in total. The summed E-state index contributed by atoms with van der Waals surface area (Å²) < 4.78 is 5.90. The molecule has 0 saturated heterocycles. The van der Waals surface area contributed by atoms with Crippen LogP contribution >= 0.6 is 11.3 Å². The van der Waals surface area contributed by atoms with Crippen LogP contribution in [0, 0.1) is 6.92 Å². The molecule has 21 heavy (non-hydrogen) atoms. The third-order valence-corrected chi connectivity index (χ3v) is 5.48. The maximum absolute atomic E-state index is 5.90. The number of rotatable bonds is 4. The van der Waals surface area contributed by atoms with E-state index in [0.717, 1.165) is 31.0 Å². The summed E-state index contributed by atoms with van der Waals surface area (Å²) in [6.45, 7) is 8.17. The van der Waals surface area contributed by atoms with Crippen LogP contribution in [0.1, 0.15) is 46.9 Å². The van der Waals surface area contributed by atoms with Crippen molar-refractivity contribution in [1.29, 1.82) is 0 Å². The van der Waals surface area contributed by atoms with E-state index < -0.39 is 0 Å². The van der Waals surface area contributed by atoms with Crippen molar-refractivity contribution in [3.8, 4) is 5.75 Å². The van der Waals surface area contributed by atoms with Crippen molar-refractivity contribution in [3.05, 3.63) is 45.4 Å². The van der Waals surface area contributed by atoms with Gasteiger partial charge in [-0.15, -0.1) is 11.3 Å². The summed E-state index contributed by atoms with van der Waals surface area (Å²) in [6, 6.07) is 8.69. The van der Waals surface area contributed by atoms with Gasteiger partial charge in [-0.1, -0.05) is 25.1 Å². The largest absolute Gasteiger partial charge is 0.493 e. The molecule has 2 aromatic rings.